The van der Waals surface area contributed by atoms with Crippen LogP contribution in [-0.4, -0.2) is 16.5 Å². The van der Waals surface area contributed by atoms with E-state index in [0.717, 1.165) is 0 Å². The number of anilines is 1. The summed E-state index contributed by atoms with van der Waals surface area (Å²) in [6.07, 6.45) is 3.11. The number of nitrogens with one attached hydrogen (secondary N) is 1. The summed E-state index contributed by atoms with van der Waals surface area (Å²) in [5.41, 5.74) is 0.874. The molecule has 19 heavy (non-hydrogen) atoms. The number of hydrogen-bond donors (Lipinski definition) is 1. The number of nitro groups is 1. The lowest BCUT2D eigenvalue weighted by molar-refractivity contribution is -0.384. The highest BCUT2D eigenvalue weighted by Crippen LogP contribution is 2.21. The Morgan fingerprint density at radius 1 is 1.32 bits per heavy atom. The van der Waals surface area contributed by atoms with Gasteiger partial charge in [-0.15, -0.1) is 0 Å². The van der Waals surface area contributed by atoms with Crippen LogP contribution in [0.1, 0.15) is 5.56 Å². The van der Waals surface area contributed by atoms with Crippen molar-refractivity contribution < 1.29 is 9.31 Å². The summed E-state index contributed by atoms with van der Waals surface area (Å²) in [6.45, 7) is 0.409. The van der Waals surface area contributed by atoms with Crippen LogP contribution in [0, 0.1) is 15.9 Å². The van der Waals surface area contributed by atoms with Crippen molar-refractivity contribution in [1.82, 2.24) is 4.98 Å². The molecule has 6 heteroatoms. The summed E-state index contributed by atoms with van der Waals surface area (Å²) in [5, 5.41) is 13.7. The second-order valence-corrected chi connectivity index (χ2v) is 3.92. The molecule has 98 valence electrons. The largest absolute Gasteiger partial charge is 0.379 e. The van der Waals surface area contributed by atoms with E-state index in [0.29, 0.717) is 24.2 Å². The normalized spacial score (nSPS) is 10.2. The molecule has 2 rings (SSSR count). The Hall–Kier alpha value is -2.50. The van der Waals surface area contributed by atoms with Crippen molar-refractivity contribution in [3.63, 3.8) is 0 Å². The fourth-order valence-corrected chi connectivity index (χ4v) is 1.71. The van der Waals surface area contributed by atoms with Crippen molar-refractivity contribution in [2.24, 2.45) is 0 Å². The zero-order chi connectivity index (χ0) is 13.7. The molecule has 0 aliphatic heterocycles. The van der Waals surface area contributed by atoms with Gasteiger partial charge in [-0.1, -0.05) is 18.2 Å². The minimum absolute atomic E-state index is 0.0870. The highest BCUT2D eigenvalue weighted by atomic mass is 19.1. The number of aromatic nitrogens is 1. The summed E-state index contributed by atoms with van der Waals surface area (Å²) >= 11 is 0. The lowest BCUT2D eigenvalue weighted by Gasteiger charge is -2.07. The minimum Gasteiger partial charge on any atom is -0.379 e. The third kappa shape index (κ3) is 3.25. The number of halogens is 1. The maximum Gasteiger partial charge on any atom is 0.310 e. The Bertz CT molecular complexity index is 590. The van der Waals surface area contributed by atoms with Crippen molar-refractivity contribution in [1.29, 1.82) is 0 Å². The predicted molar refractivity (Wildman–Crippen MR) is 69.5 cm³/mol. The van der Waals surface area contributed by atoms with Crippen LogP contribution in [0.4, 0.5) is 15.8 Å². The van der Waals surface area contributed by atoms with Crippen molar-refractivity contribution in [3.8, 4) is 0 Å². The maximum atomic E-state index is 13.4. The zero-order valence-electron chi connectivity index (χ0n) is 10.0. The Morgan fingerprint density at radius 3 is 2.84 bits per heavy atom. The summed E-state index contributed by atoms with van der Waals surface area (Å²) in [5.74, 6) is -0.270. The quantitative estimate of drug-likeness (QED) is 0.663. The van der Waals surface area contributed by atoms with Crippen LogP contribution in [-0.2, 0) is 6.42 Å². The molecule has 0 unspecified atom stereocenters. The van der Waals surface area contributed by atoms with E-state index in [2.05, 4.69) is 10.3 Å². The van der Waals surface area contributed by atoms with Gasteiger partial charge in [0.25, 0.3) is 0 Å². The smallest absolute Gasteiger partial charge is 0.310 e. The highest BCUT2D eigenvalue weighted by Gasteiger charge is 2.12. The fraction of sp³-hybridized carbons (Fsp3) is 0.154. The fourth-order valence-electron chi connectivity index (χ4n) is 1.71. The van der Waals surface area contributed by atoms with Gasteiger partial charge in [0.1, 0.15) is 17.7 Å². The average Bonchev–Trinajstić information content (AvgIpc) is 2.41. The molecule has 0 bridgehead atoms. The second-order valence-electron chi connectivity index (χ2n) is 3.92. The van der Waals surface area contributed by atoms with Gasteiger partial charge >= 0.3 is 5.69 Å². The molecule has 1 heterocycles. The van der Waals surface area contributed by atoms with Crippen LogP contribution < -0.4 is 5.32 Å². The third-order valence-electron chi connectivity index (χ3n) is 2.66. The van der Waals surface area contributed by atoms with Gasteiger partial charge in [-0.3, -0.25) is 15.1 Å². The van der Waals surface area contributed by atoms with Gasteiger partial charge in [-0.05, 0) is 24.1 Å². The van der Waals surface area contributed by atoms with E-state index in [1.807, 2.05) is 0 Å². The molecule has 0 aliphatic rings. The number of hydrogen-bond acceptors (Lipinski definition) is 4. The summed E-state index contributed by atoms with van der Waals surface area (Å²) in [7, 11) is 0. The molecule has 2 aromatic rings. The molecule has 0 atom stereocenters. The van der Waals surface area contributed by atoms with Gasteiger partial charge in [0.05, 0.1) is 4.92 Å². The number of pyridine rings is 1. The molecule has 0 aliphatic carbocycles. The molecule has 0 radical (unpaired) electrons. The topological polar surface area (TPSA) is 68.1 Å². The minimum atomic E-state index is -0.502. The molecule has 1 N–H and O–H groups in total. The van der Waals surface area contributed by atoms with E-state index in [1.165, 1.54) is 24.5 Å². The Morgan fingerprint density at radius 2 is 2.11 bits per heavy atom. The molecule has 0 spiro atoms. The highest BCUT2D eigenvalue weighted by molar-refractivity contribution is 5.59. The molecule has 1 aromatic heterocycles. The number of nitrogens with zero attached hydrogens (tertiary/aromatic N) is 2. The first kappa shape index (κ1) is 12.9. The average molecular weight is 261 g/mol. The molecular weight excluding hydrogens is 249 g/mol. The van der Waals surface area contributed by atoms with Crippen LogP contribution in [0.3, 0.4) is 0 Å². The molecular formula is C13H12FN3O2. The van der Waals surface area contributed by atoms with Gasteiger partial charge in [0.15, 0.2) is 0 Å². The van der Waals surface area contributed by atoms with E-state index >= 15 is 0 Å². The van der Waals surface area contributed by atoms with Crippen LogP contribution >= 0.6 is 0 Å². The van der Waals surface area contributed by atoms with Gasteiger partial charge in [-0.25, -0.2) is 4.39 Å². The van der Waals surface area contributed by atoms with E-state index in [4.69, 9.17) is 0 Å². The first-order valence-electron chi connectivity index (χ1n) is 5.74. The first-order chi connectivity index (χ1) is 9.18. The number of benzene rings is 1. The zero-order valence-corrected chi connectivity index (χ0v) is 10.0. The Kier molecular flexibility index (Phi) is 4.02. The van der Waals surface area contributed by atoms with Crippen molar-refractivity contribution >= 4 is 11.4 Å². The van der Waals surface area contributed by atoms with E-state index in [-0.39, 0.29) is 11.5 Å². The lowest BCUT2D eigenvalue weighted by Crippen LogP contribution is -2.08. The molecule has 1 aromatic carbocycles. The van der Waals surface area contributed by atoms with E-state index in [9.17, 15) is 14.5 Å². The Labute approximate surface area is 109 Å². The summed E-state index contributed by atoms with van der Waals surface area (Å²) in [4.78, 5) is 14.0. The van der Waals surface area contributed by atoms with Gasteiger partial charge < -0.3 is 5.32 Å². The van der Waals surface area contributed by atoms with Gasteiger partial charge in [0, 0.05) is 12.7 Å². The van der Waals surface area contributed by atoms with Crippen molar-refractivity contribution in [2.75, 3.05) is 11.9 Å². The van der Waals surface area contributed by atoms with Crippen LogP contribution in [0.5, 0.6) is 0 Å². The maximum absolute atomic E-state index is 13.4. The van der Waals surface area contributed by atoms with Crippen LogP contribution in [0.2, 0.25) is 0 Å². The Balaban J connectivity index is 2.00. The second kappa shape index (κ2) is 5.90. The standard InChI is InChI=1S/C13H12FN3O2/c14-11-4-2-1-3-10(11)5-8-16-12-6-7-15-9-13(12)17(18)19/h1-4,6-7,9H,5,8H2,(H,15,16). The number of rotatable bonds is 5. The van der Waals surface area contributed by atoms with Crippen LogP contribution in [0.15, 0.2) is 42.7 Å². The van der Waals surface area contributed by atoms with Crippen molar-refractivity contribution in [2.45, 2.75) is 6.42 Å². The van der Waals surface area contributed by atoms with Gasteiger partial charge in [-0.2, -0.15) is 0 Å². The van der Waals surface area contributed by atoms with Crippen LogP contribution in [0.25, 0.3) is 0 Å². The molecule has 0 fully saturated rings. The molecule has 5 nitrogen and oxygen atoms in total. The molecule has 0 saturated carbocycles. The van der Waals surface area contributed by atoms with Gasteiger partial charge in [0.2, 0.25) is 0 Å². The van der Waals surface area contributed by atoms with Crippen molar-refractivity contribution in [3.05, 3.63) is 64.2 Å². The predicted octanol–water partition coefficient (Wildman–Crippen LogP) is 2.78. The summed E-state index contributed by atoms with van der Waals surface area (Å²) < 4.78 is 13.4. The lowest BCUT2D eigenvalue weighted by atomic mass is 10.1. The molecule has 0 amide bonds. The first-order valence-corrected chi connectivity index (χ1v) is 5.74. The SMILES string of the molecule is O=[N+]([O-])c1cnccc1NCCc1ccccc1F. The monoisotopic (exact) mass is 261 g/mol. The van der Waals surface area contributed by atoms with E-state index < -0.39 is 4.92 Å². The summed E-state index contributed by atoms with van der Waals surface area (Å²) in [6, 6.07) is 7.99. The third-order valence-corrected chi connectivity index (χ3v) is 2.66. The van der Waals surface area contributed by atoms with E-state index in [1.54, 1.807) is 18.2 Å². The molecule has 0 saturated heterocycles.